The third-order valence-corrected chi connectivity index (χ3v) is 7.99. The SMILES string of the molecule is CCOc1cc(/C=C2/C(=O)N(c3ccc(CC)cc3)C(=S)N2CC(=O)OC)cc(Br)c1OCc1ccc(Cl)c(Cl)c1. The second-order valence-electron chi connectivity index (χ2n) is 8.94. The Hall–Kier alpha value is -3.11. The third kappa shape index (κ3) is 7.04. The smallest absolute Gasteiger partial charge is 0.325 e. The van der Waals surface area contributed by atoms with Crippen LogP contribution in [0.2, 0.25) is 10.0 Å². The summed E-state index contributed by atoms with van der Waals surface area (Å²) in [6.07, 6.45) is 2.52. The number of benzene rings is 3. The molecule has 1 amide bonds. The van der Waals surface area contributed by atoms with Gasteiger partial charge >= 0.3 is 5.97 Å². The summed E-state index contributed by atoms with van der Waals surface area (Å²) in [5.74, 6) is 0.0550. The number of methoxy groups -OCH3 is 1. The van der Waals surface area contributed by atoms with Gasteiger partial charge in [0.1, 0.15) is 18.8 Å². The second-order valence-corrected chi connectivity index (χ2v) is 11.0. The highest BCUT2D eigenvalue weighted by Crippen LogP contribution is 2.39. The number of amides is 1. The number of aryl methyl sites for hydroxylation is 1. The molecule has 3 aromatic rings. The number of thiocarbonyl (C=S) groups is 1. The van der Waals surface area contributed by atoms with Crippen LogP contribution >= 0.6 is 51.3 Å². The van der Waals surface area contributed by atoms with Crippen LogP contribution in [0, 0.1) is 0 Å². The maximum Gasteiger partial charge on any atom is 0.325 e. The molecule has 1 heterocycles. The Labute approximate surface area is 262 Å². The van der Waals surface area contributed by atoms with Gasteiger partial charge in [0.15, 0.2) is 16.6 Å². The molecule has 3 aromatic carbocycles. The van der Waals surface area contributed by atoms with Crippen molar-refractivity contribution in [3.8, 4) is 11.5 Å². The lowest BCUT2D eigenvalue weighted by Gasteiger charge is -2.19. The van der Waals surface area contributed by atoms with Crippen molar-refractivity contribution in [3.63, 3.8) is 0 Å². The number of carbonyl (C=O) groups is 2. The van der Waals surface area contributed by atoms with E-state index in [0.29, 0.717) is 43.9 Å². The first-order chi connectivity index (χ1) is 19.7. The molecule has 1 aliphatic rings. The Bertz CT molecular complexity index is 1510. The summed E-state index contributed by atoms with van der Waals surface area (Å²) in [6, 6.07) is 16.4. The fourth-order valence-electron chi connectivity index (χ4n) is 4.15. The molecular formula is C30H27BrCl2N2O5S. The zero-order chi connectivity index (χ0) is 29.7. The Kier molecular flexibility index (Phi) is 10.3. The van der Waals surface area contributed by atoms with Crippen LogP contribution in [0.3, 0.4) is 0 Å². The van der Waals surface area contributed by atoms with E-state index in [9.17, 15) is 9.59 Å². The average Bonchev–Trinajstić information content (AvgIpc) is 3.18. The van der Waals surface area contributed by atoms with Gasteiger partial charge in [0.05, 0.1) is 33.9 Å². The molecule has 1 fully saturated rings. The number of ether oxygens (including phenoxy) is 3. The summed E-state index contributed by atoms with van der Waals surface area (Å²) in [6.45, 7) is 4.30. The Balaban J connectivity index is 1.70. The van der Waals surface area contributed by atoms with E-state index in [-0.39, 0.29) is 29.9 Å². The molecule has 0 unspecified atom stereocenters. The van der Waals surface area contributed by atoms with E-state index in [1.165, 1.54) is 16.9 Å². The fourth-order valence-corrected chi connectivity index (χ4v) is 5.40. The van der Waals surface area contributed by atoms with Crippen LogP contribution in [0.25, 0.3) is 6.08 Å². The lowest BCUT2D eigenvalue weighted by molar-refractivity contribution is -0.140. The van der Waals surface area contributed by atoms with Crippen LogP contribution in [-0.4, -0.2) is 42.2 Å². The van der Waals surface area contributed by atoms with Gasteiger partial charge in [0.2, 0.25) is 0 Å². The molecule has 41 heavy (non-hydrogen) atoms. The second kappa shape index (κ2) is 13.7. The number of anilines is 1. The van der Waals surface area contributed by atoms with Crippen LogP contribution in [0.15, 0.2) is 64.8 Å². The molecular weight excluding hydrogens is 651 g/mol. The number of rotatable bonds is 10. The van der Waals surface area contributed by atoms with Crippen molar-refractivity contribution in [2.24, 2.45) is 0 Å². The largest absolute Gasteiger partial charge is 0.490 e. The molecule has 0 saturated carbocycles. The Morgan fingerprint density at radius 3 is 2.34 bits per heavy atom. The van der Waals surface area contributed by atoms with Gasteiger partial charge in [0.25, 0.3) is 5.91 Å². The lowest BCUT2D eigenvalue weighted by Crippen LogP contribution is -2.35. The zero-order valence-electron chi connectivity index (χ0n) is 22.6. The maximum absolute atomic E-state index is 13.7. The molecule has 0 radical (unpaired) electrons. The topological polar surface area (TPSA) is 68.3 Å². The van der Waals surface area contributed by atoms with E-state index in [1.807, 2.05) is 37.3 Å². The van der Waals surface area contributed by atoms with Crippen molar-refractivity contribution in [2.45, 2.75) is 26.9 Å². The first-order valence-corrected chi connectivity index (χ1v) is 14.7. The summed E-state index contributed by atoms with van der Waals surface area (Å²) < 4.78 is 17.4. The number of esters is 1. The summed E-state index contributed by atoms with van der Waals surface area (Å²) in [5.41, 5.74) is 3.42. The standard InChI is InChI=1S/C30H27BrCl2N2O5S/c1-4-18-6-9-21(10-7-18)35-29(37)25(34(30(35)41)16-27(36)38-3)14-20-12-22(31)28(26(15-20)39-5-2)40-17-19-8-11-23(32)24(33)13-19/h6-15H,4-5,16-17H2,1-3H3/b25-14-. The highest BCUT2D eigenvalue weighted by molar-refractivity contribution is 9.10. The minimum absolute atomic E-state index is 0.182. The first kappa shape index (κ1) is 30.8. The van der Waals surface area contributed by atoms with Gasteiger partial charge in [-0.3, -0.25) is 14.5 Å². The molecule has 1 saturated heterocycles. The van der Waals surface area contributed by atoms with Crippen molar-refractivity contribution in [1.82, 2.24) is 4.90 Å². The van der Waals surface area contributed by atoms with E-state index < -0.39 is 5.97 Å². The Morgan fingerprint density at radius 1 is 1.00 bits per heavy atom. The molecule has 214 valence electrons. The first-order valence-electron chi connectivity index (χ1n) is 12.7. The molecule has 0 spiro atoms. The highest BCUT2D eigenvalue weighted by Gasteiger charge is 2.40. The lowest BCUT2D eigenvalue weighted by atomic mass is 10.1. The molecule has 0 N–H and O–H groups in total. The number of halogens is 3. The molecule has 0 bridgehead atoms. The zero-order valence-corrected chi connectivity index (χ0v) is 26.5. The van der Waals surface area contributed by atoms with Crippen molar-refractivity contribution < 1.29 is 23.8 Å². The van der Waals surface area contributed by atoms with Crippen LogP contribution in [0.1, 0.15) is 30.5 Å². The van der Waals surface area contributed by atoms with Gasteiger partial charge in [-0.2, -0.15) is 0 Å². The Morgan fingerprint density at radius 2 is 1.71 bits per heavy atom. The summed E-state index contributed by atoms with van der Waals surface area (Å²) in [7, 11) is 1.29. The van der Waals surface area contributed by atoms with Crippen LogP contribution < -0.4 is 14.4 Å². The minimum atomic E-state index is -0.531. The van der Waals surface area contributed by atoms with Gasteiger partial charge < -0.3 is 19.1 Å². The normalized spacial score (nSPS) is 14.1. The van der Waals surface area contributed by atoms with E-state index in [0.717, 1.165) is 17.5 Å². The van der Waals surface area contributed by atoms with E-state index in [1.54, 1.807) is 30.3 Å². The van der Waals surface area contributed by atoms with Gasteiger partial charge in [0, 0.05) is 0 Å². The molecule has 0 atom stereocenters. The van der Waals surface area contributed by atoms with Crippen molar-refractivity contribution in [3.05, 3.63) is 91.5 Å². The molecule has 4 rings (SSSR count). The highest BCUT2D eigenvalue weighted by atomic mass is 79.9. The van der Waals surface area contributed by atoms with Gasteiger partial charge in [-0.15, -0.1) is 0 Å². The summed E-state index contributed by atoms with van der Waals surface area (Å²) >= 11 is 21.4. The average molecular weight is 678 g/mol. The monoisotopic (exact) mass is 676 g/mol. The molecule has 0 aliphatic carbocycles. The number of nitrogens with zero attached hydrogens (tertiary/aromatic N) is 2. The van der Waals surface area contributed by atoms with Crippen molar-refractivity contribution in [1.29, 1.82) is 0 Å². The van der Waals surface area contributed by atoms with Gasteiger partial charge in [-0.1, -0.05) is 48.3 Å². The van der Waals surface area contributed by atoms with Crippen molar-refractivity contribution >= 4 is 80.1 Å². The quantitative estimate of drug-likeness (QED) is 0.126. The summed E-state index contributed by atoms with van der Waals surface area (Å²) in [4.78, 5) is 28.9. The van der Waals surface area contributed by atoms with E-state index in [4.69, 9.17) is 49.6 Å². The molecule has 1 aliphatic heterocycles. The van der Waals surface area contributed by atoms with Crippen molar-refractivity contribution in [2.75, 3.05) is 25.2 Å². The van der Waals surface area contributed by atoms with Crippen LogP contribution in [0.5, 0.6) is 11.5 Å². The number of carbonyl (C=O) groups excluding carboxylic acids is 2. The number of hydrogen-bond donors (Lipinski definition) is 0. The van der Waals surface area contributed by atoms with E-state index in [2.05, 4.69) is 22.9 Å². The minimum Gasteiger partial charge on any atom is -0.490 e. The van der Waals surface area contributed by atoms with Crippen LogP contribution in [0.4, 0.5) is 5.69 Å². The molecule has 0 aromatic heterocycles. The van der Waals surface area contributed by atoms with E-state index >= 15 is 0 Å². The van der Waals surface area contributed by atoms with Gasteiger partial charge in [-0.05, 0) is 101 Å². The predicted octanol–water partition coefficient (Wildman–Crippen LogP) is 7.44. The van der Waals surface area contributed by atoms with Crippen LogP contribution in [-0.2, 0) is 27.4 Å². The molecule has 11 heteroatoms. The summed E-state index contributed by atoms with van der Waals surface area (Å²) in [5, 5.41) is 1.08. The maximum atomic E-state index is 13.7. The third-order valence-electron chi connectivity index (χ3n) is 6.26. The van der Waals surface area contributed by atoms with Gasteiger partial charge in [-0.25, -0.2) is 0 Å². The number of hydrogen-bond acceptors (Lipinski definition) is 6. The predicted molar refractivity (Wildman–Crippen MR) is 169 cm³/mol. The molecule has 7 nitrogen and oxygen atoms in total. The fraction of sp³-hybridized carbons (Fsp3) is 0.233.